The third-order valence-electron chi connectivity index (χ3n) is 6.83. The van der Waals surface area contributed by atoms with Crippen LogP contribution in [0, 0.1) is 0 Å². The van der Waals surface area contributed by atoms with Gasteiger partial charge in [0.15, 0.2) is 5.16 Å². The molecule has 0 spiro atoms. The molecular weight excluding hydrogens is 543 g/mol. The number of nitrogens with zero attached hydrogens (tertiary/aromatic N) is 6. The highest BCUT2D eigenvalue weighted by Crippen LogP contribution is 2.26. The number of benzene rings is 2. The number of anilines is 3. The van der Waals surface area contributed by atoms with Crippen molar-refractivity contribution in [3.05, 3.63) is 64.8 Å². The first kappa shape index (κ1) is 26.7. The number of hydrogen-bond donors (Lipinski definition) is 0. The van der Waals surface area contributed by atoms with Gasteiger partial charge in [-0.3, -0.25) is 4.79 Å². The van der Waals surface area contributed by atoms with Crippen molar-refractivity contribution in [1.82, 2.24) is 14.9 Å². The lowest BCUT2D eigenvalue weighted by molar-refractivity contribution is -0.128. The lowest BCUT2D eigenvalue weighted by atomic mass is 10.2. The van der Waals surface area contributed by atoms with E-state index in [9.17, 15) is 4.79 Å². The van der Waals surface area contributed by atoms with E-state index in [1.54, 1.807) is 13.2 Å². The Morgan fingerprint density at radius 3 is 2.18 bits per heavy atom. The number of hydrogen-bond acceptors (Lipinski definition) is 8. The van der Waals surface area contributed by atoms with Gasteiger partial charge in [0.05, 0.1) is 12.9 Å². The number of halogens is 2. The Labute approximate surface area is 237 Å². The zero-order chi connectivity index (χ0) is 26.5. The van der Waals surface area contributed by atoms with Crippen LogP contribution in [0.3, 0.4) is 0 Å². The molecule has 0 unspecified atom stereocenters. The van der Waals surface area contributed by atoms with Crippen LogP contribution < -0.4 is 19.4 Å². The Morgan fingerprint density at radius 2 is 1.50 bits per heavy atom. The predicted octanol–water partition coefficient (Wildman–Crippen LogP) is 4.56. The van der Waals surface area contributed by atoms with Gasteiger partial charge in [0.25, 0.3) is 0 Å². The smallest absolute Gasteiger partial charge is 0.233 e. The van der Waals surface area contributed by atoms with E-state index < -0.39 is 0 Å². The zero-order valence-corrected chi connectivity index (χ0v) is 23.6. The fourth-order valence-corrected chi connectivity index (χ4v) is 5.87. The number of aromatic nitrogens is 2. The van der Waals surface area contributed by atoms with E-state index in [2.05, 4.69) is 31.8 Å². The van der Waals surface area contributed by atoms with Gasteiger partial charge < -0.3 is 24.3 Å². The van der Waals surface area contributed by atoms with Crippen LogP contribution in [0.2, 0.25) is 10.2 Å². The summed E-state index contributed by atoms with van der Waals surface area (Å²) in [5, 5.41) is 1.63. The van der Waals surface area contributed by atoms with Crippen molar-refractivity contribution in [3.63, 3.8) is 0 Å². The second kappa shape index (κ2) is 12.3. The Kier molecular flexibility index (Phi) is 8.66. The Morgan fingerprint density at radius 1 is 0.842 bits per heavy atom. The van der Waals surface area contributed by atoms with E-state index in [0.29, 0.717) is 23.4 Å². The summed E-state index contributed by atoms with van der Waals surface area (Å²) in [6.45, 7) is 6.27. The van der Waals surface area contributed by atoms with Crippen molar-refractivity contribution >= 4 is 58.1 Å². The second-order valence-electron chi connectivity index (χ2n) is 9.14. The van der Waals surface area contributed by atoms with Gasteiger partial charge in [0.2, 0.25) is 5.91 Å². The maximum Gasteiger partial charge on any atom is 0.233 e. The van der Waals surface area contributed by atoms with Crippen LogP contribution in [-0.2, 0) is 4.79 Å². The number of piperazine rings is 2. The largest absolute Gasteiger partial charge is 0.497 e. The number of thioether (sulfide) groups is 1. The summed E-state index contributed by atoms with van der Waals surface area (Å²) in [4.78, 5) is 30.7. The first-order valence-corrected chi connectivity index (χ1v) is 14.3. The minimum atomic E-state index is 0.0824. The third-order valence-corrected chi connectivity index (χ3v) is 8.09. The summed E-state index contributed by atoms with van der Waals surface area (Å²) in [6.07, 6.45) is 0. The average molecular weight is 574 g/mol. The Balaban J connectivity index is 1.12. The van der Waals surface area contributed by atoms with Gasteiger partial charge in [-0.1, -0.05) is 41.0 Å². The molecule has 0 atom stereocenters. The molecule has 2 aromatic carbocycles. The van der Waals surface area contributed by atoms with Gasteiger partial charge in [-0.05, 0) is 42.5 Å². The van der Waals surface area contributed by atoms with Crippen LogP contribution in [0.25, 0.3) is 0 Å². The number of amides is 1. The van der Waals surface area contributed by atoms with Crippen molar-refractivity contribution in [2.75, 3.05) is 79.9 Å². The molecule has 2 saturated heterocycles. The minimum Gasteiger partial charge on any atom is -0.497 e. The van der Waals surface area contributed by atoms with E-state index in [-0.39, 0.29) is 11.7 Å². The molecule has 5 rings (SSSR count). The molecule has 1 aromatic heterocycles. The maximum absolute atomic E-state index is 12.9. The topological polar surface area (TPSA) is 65.0 Å². The molecule has 0 N–H and O–H groups in total. The van der Waals surface area contributed by atoms with E-state index in [1.807, 2.05) is 41.3 Å². The first-order valence-electron chi connectivity index (χ1n) is 12.6. The van der Waals surface area contributed by atoms with E-state index in [1.165, 1.54) is 17.4 Å². The van der Waals surface area contributed by atoms with Crippen molar-refractivity contribution in [2.24, 2.45) is 0 Å². The van der Waals surface area contributed by atoms with Crippen LogP contribution in [-0.4, -0.2) is 86.0 Å². The molecule has 0 bridgehead atoms. The fourth-order valence-electron chi connectivity index (χ4n) is 4.70. The predicted molar refractivity (Wildman–Crippen MR) is 155 cm³/mol. The molecule has 8 nitrogen and oxygen atoms in total. The molecule has 0 radical (unpaired) electrons. The molecule has 0 saturated carbocycles. The van der Waals surface area contributed by atoms with Crippen LogP contribution in [0.4, 0.5) is 17.2 Å². The zero-order valence-electron chi connectivity index (χ0n) is 21.2. The molecule has 3 aromatic rings. The summed E-state index contributed by atoms with van der Waals surface area (Å²) >= 11 is 13.8. The van der Waals surface area contributed by atoms with Crippen molar-refractivity contribution in [3.8, 4) is 5.75 Å². The molecule has 0 aliphatic carbocycles. The molecular formula is C27H30Cl2N6O2S. The number of ether oxygens (including phenoxy) is 1. The van der Waals surface area contributed by atoms with E-state index in [4.69, 9.17) is 32.9 Å². The summed E-state index contributed by atoms with van der Waals surface area (Å²) < 4.78 is 5.26. The molecule has 11 heteroatoms. The first-order chi connectivity index (χ1) is 18.5. The molecule has 2 aliphatic heterocycles. The van der Waals surface area contributed by atoms with Crippen molar-refractivity contribution < 1.29 is 9.53 Å². The molecule has 38 heavy (non-hydrogen) atoms. The Hall–Kier alpha value is -2.88. The quantitative estimate of drug-likeness (QED) is 0.232. The van der Waals surface area contributed by atoms with Crippen LogP contribution in [0.1, 0.15) is 0 Å². The standard InChI is InChI=1S/C27H30Cl2N6O2S/c1-37-23-7-5-21(6-8-23)32-9-13-34(14-10-32)25-18-24(29)30-27(31-25)38-19-26(36)35-15-11-33(12-16-35)22-4-2-3-20(28)17-22/h2-8,17-18H,9-16,19H2,1H3. The van der Waals surface area contributed by atoms with Gasteiger partial charge in [0.1, 0.15) is 16.7 Å². The van der Waals surface area contributed by atoms with Gasteiger partial charge in [-0.25, -0.2) is 9.97 Å². The van der Waals surface area contributed by atoms with Crippen LogP contribution in [0.5, 0.6) is 5.75 Å². The number of rotatable bonds is 7. The van der Waals surface area contributed by atoms with Gasteiger partial charge >= 0.3 is 0 Å². The van der Waals surface area contributed by atoms with E-state index in [0.717, 1.165) is 61.5 Å². The van der Waals surface area contributed by atoms with Gasteiger partial charge in [-0.15, -0.1) is 0 Å². The summed E-state index contributed by atoms with van der Waals surface area (Å²) in [7, 11) is 1.67. The summed E-state index contributed by atoms with van der Waals surface area (Å²) in [6, 6.07) is 17.8. The molecule has 2 fully saturated rings. The Bertz CT molecular complexity index is 1250. The van der Waals surface area contributed by atoms with Crippen LogP contribution >= 0.6 is 35.0 Å². The van der Waals surface area contributed by atoms with Crippen molar-refractivity contribution in [1.29, 1.82) is 0 Å². The van der Waals surface area contributed by atoms with Gasteiger partial charge in [0, 0.05) is 74.8 Å². The van der Waals surface area contributed by atoms with Crippen molar-refractivity contribution in [2.45, 2.75) is 5.16 Å². The average Bonchev–Trinajstić information content (AvgIpc) is 2.96. The normalized spacial score (nSPS) is 16.1. The highest BCUT2D eigenvalue weighted by atomic mass is 35.5. The lowest BCUT2D eigenvalue weighted by Gasteiger charge is -2.37. The van der Waals surface area contributed by atoms with Gasteiger partial charge in [-0.2, -0.15) is 0 Å². The number of carbonyl (C=O) groups is 1. The number of methoxy groups -OCH3 is 1. The molecule has 2 aliphatic rings. The maximum atomic E-state index is 12.9. The summed E-state index contributed by atoms with van der Waals surface area (Å²) in [5.74, 6) is 2.01. The minimum absolute atomic E-state index is 0.0824. The van der Waals surface area contributed by atoms with E-state index >= 15 is 0 Å². The van der Waals surface area contributed by atoms with Crippen LogP contribution in [0.15, 0.2) is 59.8 Å². The summed E-state index contributed by atoms with van der Waals surface area (Å²) in [5.41, 5.74) is 2.26. The SMILES string of the molecule is COc1ccc(N2CCN(c3cc(Cl)nc(SCC(=O)N4CCN(c5cccc(Cl)c5)CC4)n3)CC2)cc1. The third kappa shape index (κ3) is 6.57. The number of carbonyl (C=O) groups excluding carboxylic acids is 1. The highest BCUT2D eigenvalue weighted by molar-refractivity contribution is 7.99. The lowest BCUT2D eigenvalue weighted by Crippen LogP contribution is -2.49. The molecule has 200 valence electrons. The molecule has 1 amide bonds. The monoisotopic (exact) mass is 572 g/mol. The fraction of sp³-hybridized carbons (Fsp3) is 0.370. The second-order valence-corrected chi connectivity index (χ2v) is 10.9. The highest BCUT2D eigenvalue weighted by Gasteiger charge is 2.23. The molecule has 3 heterocycles.